The van der Waals surface area contributed by atoms with Crippen LogP contribution in [0.3, 0.4) is 0 Å². The summed E-state index contributed by atoms with van der Waals surface area (Å²) < 4.78 is 7.79. The summed E-state index contributed by atoms with van der Waals surface area (Å²) >= 11 is 1.56. The summed E-state index contributed by atoms with van der Waals surface area (Å²) in [6, 6.07) is 10.3. The number of pyridine rings is 1. The van der Waals surface area contributed by atoms with Gasteiger partial charge in [-0.2, -0.15) is 0 Å². The summed E-state index contributed by atoms with van der Waals surface area (Å²) in [5.74, 6) is 2.92. The normalized spacial score (nSPS) is 11.1. The third kappa shape index (κ3) is 3.57. The first-order valence-electron chi connectivity index (χ1n) is 9.02. The quantitative estimate of drug-likeness (QED) is 0.453. The van der Waals surface area contributed by atoms with Crippen molar-refractivity contribution in [3.63, 3.8) is 0 Å². The molecule has 0 saturated carbocycles. The Labute approximate surface area is 168 Å². The Balaban J connectivity index is 1.75. The molecule has 4 aromatic rings. The Morgan fingerprint density at radius 2 is 1.75 bits per heavy atom. The average Bonchev–Trinajstić information content (AvgIpc) is 3.26. The van der Waals surface area contributed by atoms with E-state index in [0.29, 0.717) is 11.6 Å². The summed E-state index contributed by atoms with van der Waals surface area (Å²) in [5, 5.41) is 9.71. The number of hydrogen-bond acceptors (Lipinski definition) is 6. The molecule has 0 aliphatic heterocycles. The number of aryl methyl sites for hydroxylation is 4. The maximum absolute atomic E-state index is 5.71. The van der Waals surface area contributed by atoms with Crippen LogP contribution in [0.1, 0.15) is 28.5 Å². The van der Waals surface area contributed by atoms with Crippen LogP contribution in [0, 0.1) is 27.7 Å². The Hall–Kier alpha value is -2.93. The fraction of sp³-hybridized carbons (Fsp3) is 0.238. The van der Waals surface area contributed by atoms with Crippen LogP contribution in [0.2, 0.25) is 0 Å². The predicted octanol–water partition coefficient (Wildman–Crippen LogP) is 4.84. The van der Waals surface area contributed by atoms with Gasteiger partial charge in [0.1, 0.15) is 5.76 Å². The second-order valence-electron chi connectivity index (χ2n) is 6.68. The van der Waals surface area contributed by atoms with Crippen LogP contribution in [0.5, 0.6) is 0 Å². The zero-order chi connectivity index (χ0) is 19.7. The van der Waals surface area contributed by atoms with Crippen molar-refractivity contribution in [2.24, 2.45) is 0 Å². The smallest absolute Gasteiger partial charge is 0.205 e. The number of benzene rings is 1. The van der Waals surface area contributed by atoms with Gasteiger partial charge in [0.25, 0.3) is 0 Å². The minimum absolute atomic E-state index is 0.591. The Morgan fingerprint density at radius 1 is 0.964 bits per heavy atom. The van der Waals surface area contributed by atoms with Gasteiger partial charge in [0.05, 0.1) is 17.1 Å². The first kappa shape index (κ1) is 18.4. The fourth-order valence-electron chi connectivity index (χ4n) is 2.88. The SMILES string of the molecule is Cc1ccc(-n2c(SCc3nc(C)c(C)o3)nnc2-c2ccncc2)cc1C. The molecular formula is C21H21N5OS. The Kier molecular flexibility index (Phi) is 5.00. The highest BCUT2D eigenvalue weighted by molar-refractivity contribution is 7.98. The van der Waals surface area contributed by atoms with Crippen LogP contribution >= 0.6 is 11.8 Å². The van der Waals surface area contributed by atoms with Gasteiger partial charge >= 0.3 is 0 Å². The highest BCUT2D eigenvalue weighted by Gasteiger charge is 2.18. The van der Waals surface area contributed by atoms with Crippen molar-refractivity contribution >= 4 is 11.8 Å². The largest absolute Gasteiger partial charge is 0.445 e. The van der Waals surface area contributed by atoms with Crippen LogP contribution in [-0.2, 0) is 5.75 Å². The molecule has 142 valence electrons. The van der Waals surface area contributed by atoms with Crippen molar-refractivity contribution in [3.8, 4) is 17.1 Å². The van der Waals surface area contributed by atoms with Gasteiger partial charge in [-0.1, -0.05) is 17.8 Å². The molecule has 28 heavy (non-hydrogen) atoms. The lowest BCUT2D eigenvalue weighted by atomic mass is 10.1. The van der Waals surface area contributed by atoms with Gasteiger partial charge in [0.15, 0.2) is 11.0 Å². The molecule has 4 rings (SSSR count). The topological polar surface area (TPSA) is 69.6 Å². The van der Waals surface area contributed by atoms with Gasteiger partial charge in [-0.15, -0.1) is 10.2 Å². The number of oxazole rings is 1. The van der Waals surface area contributed by atoms with Crippen LogP contribution < -0.4 is 0 Å². The minimum atomic E-state index is 0.591. The van der Waals surface area contributed by atoms with Crippen molar-refractivity contribution in [2.45, 2.75) is 38.6 Å². The highest BCUT2D eigenvalue weighted by Crippen LogP contribution is 2.30. The predicted molar refractivity (Wildman–Crippen MR) is 110 cm³/mol. The van der Waals surface area contributed by atoms with E-state index in [1.165, 1.54) is 11.1 Å². The number of rotatable bonds is 5. The molecule has 0 bridgehead atoms. The van der Waals surface area contributed by atoms with Crippen LogP contribution in [0.15, 0.2) is 52.3 Å². The van der Waals surface area contributed by atoms with Crippen LogP contribution in [0.25, 0.3) is 17.1 Å². The number of thioether (sulfide) groups is 1. The fourth-order valence-corrected chi connectivity index (χ4v) is 3.67. The second-order valence-corrected chi connectivity index (χ2v) is 7.63. The average molecular weight is 392 g/mol. The van der Waals surface area contributed by atoms with Crippen molar-refractivity contribution in [1.29, 1.82) is 0 Å². The summed E-state index contributed by atoms with van der Waals surface area (Å²) in [4.78, 5) is 8.57. The lowest BCUT2D eigenvalue weighted by Crippen LogP contribution is -2.01. The molecule has 0 aliphatic rings. The van der Waals surface area contributed by atoms with E-state index in [1.54, 1.807) is 24.2 Å². The molecule has 0 aliphatic carbocycles. The summed E-state index contributed by atoms with van der Waals surface area (Å²) in [5.41, 5.74) is 5.39. The zero-order valence-corrected chi connectivity index (χ0v) is 17.1. The number of nitrogens with zero attached hydrogens (tertiary/aromatic N) is 5. The highest BCUT2D eigenvalue weighted by atomic mass is 32.2. The molecule has 0 atom stereocenters. The molecule has 0 spiro atoms. The van der Waals surface area contributed by atoms with Crippen LogP contribution in [-0.4, -0.2) is 24.7 Å². The van der Waals surface area contributed by atoms with E-state index >= 15 is 0 Å². The van der Waals surface area contributed by atoms with E-state index in [2.05, 4.69) is 56.8 Å². The molecular weight excluding hydrogens is 370 g/mol. The summed E-state index contributed by atoms with van der Waals surface area (Å²) in [7, 11) is 0. The molecule has 0 radical (unpaired) electrons. The molecule has 0 fully saturated rings. The van der Waals surface area contributed by atoms with Crippen molar-refractivity contribution in [2.75, 3.05) is 0 Å². The zero-order valence-electron chi connectivity index (χ0n) is 16.3. The Morgan fingerprint density at radius 3 is 2.43 bits per heavy atom. The minimum Gasteiger partial charge on any atom is -0.445 e. The molecule has 0 saturated heterocycles. The van der Waals surface area contributed by atoms with Gasteiger partial charge in [-0.05, 0) is 63.1 Å². The maximum atomic E-state index is 5.71. The van der Waals surface area contributed by atoms with Gasteiger partial charge in [-0.25, -0.2) is 4.98 Å². The van der Waals surface area contributed by atoms with E-state index in [0.717, 1.165) is 33.7 Å². The molecule has 6 nitrogen and oxygen atoms in total. The van der Waals surface area contributed by atoms with Gasteiger partial charge in [0.2, 0.25) is 5.89 Å². The molecule has 3 heterocycles. The van der Waals surface area contributed by atoms with Gasteiger partial charge in [-0.3, -0.25) is 9.55 Å². The molecule has 7 heteroatoms. The van der Waals surface area contributed by atoms with Crippen molar-refractivity contribution in [1.82, 2.24) is 24.7 Å². The lowest BCUT2D eigenvalue weighted by Gasteiger charge is -2.12. The first-order valence-corrected chi connectivity index (χ1v) is 10.0. The Bertz CT molecular complexity index is 1100. The van der Waals surface area contributed by atoms with E-state index < -0.39 is 0 Å². The maximum Gasteiger partial charge on any atom is 0.205 e. The van der Waals surface area contributed by atoms with Gasteiger partial charge in [0, 0.05) is 18.0 Å². The van der Waals surface area contributed by atoms with E-state index in [9.17, 15) is 0 Å². The third-order valence-corrected chi connectivity index (χ3v) is 5.63. The second kappa shape index (κ2) is 7.59. The van der Waals surface area contributed by atoms with E-state index in [1.807, 2.05) is 26.0 Å². The molecule has 0 amide bonds. The van der Waals surface area contributed by atoms with Crippen molar-refractivity contribution in [3.05, 3.63) is 71.2 Å². The molecule has 0 unspecified atom stereocenters. The third-order valence-electron chi connectivity index (χ3n) is 4.72. The summed E-state index contributed by atoms with van der Waals surface area (Å²) in [6.45, 7) is 8.10. The number of aromatic nitrogens is 5. The first-order chi connectivity index (χ1) is 13.5. The van der Waals surface area contributed by atoms with Gasteiger partial charge < -0.3 is 4.42 Å². The molecule has 1 aromatic carbocycles. The summed E-state index contributed by atoms with van der Waals surface area (Å²) in [6.07, 6.45) is 3.53. The van der Waals surface area contributed by atoms with E-state index in [-0.39, 0.29) is 0 Å². The number of hydrogen-bond donors (Lipinski definition) is 0. The monoisotopic (exact) mass is 391 g/mol. The molecule has 3 aromatic heterocycles. The van der Waals surface area contributed by atoms with Crippen LogP contribution in [0.4, 0.5) is 0 Å². The standard InChI is InChI=1S/C21H21N5OS/c1-13-5-6-18(11-14(13)2)26-20(17-7-9-22-10-8-17)24-25-21(26)28-12-19-23-15(3)16(4)27-19/h5-11H,12H2,1-4H3. The lowest BCUT2D eigenvalue weighted by molar-refractivity contribution is 0.489. The van der Waals surface area contributed by atoms with E-state index in [4.69, 9.17) is 4.42 Å². The van der Waals surface area contributed by atoms with Crippen molar-refractivity contribution < 1.29 is 4.42 Å². The molecule has 0 N–H and O–H groups in total.